The van der Waals surface area contributed by atoms with Crippen LogP contribution in [0.4, 0.5) is 0 Å². The lowest BCUT2D eigenvalue weighted by Gasteiger charge is -2.38. The van der Waals surface area contributed by atoms with Crippen molar-refractivity contribution in [1.29, 1.82) is 0 Å². The zero-order chi connectivity index (χ0) is 18.6. The maximum absolute atomic E-state index is 12.2. The summed E-state index contributed by atoms with van der Waals surface area (Å²) < 4.78 is 0. The molecule has 4 nitrogen and oxygen atoms in total. The third-order valence-electron chi connectivity index (χ3n) is 5.04. The fraction of sp³-hybridized carbons (Fsp3) is 0.381. The summed E-state index contributed by atoms with van der Waals surface area (Å²) in [7, 11) is 0. The van der Waals surface area contributed by atoms with E-state index in [1.165, 1.54) is 5.56 Å². The number of carbonyl (C=O) groups excluding carboxylic acids is 1. The van der Waals surface area contributed by atoms with Crippen LogP contribution in [0.3, 0.4) is 0 Å². The van der Waals surface area contributed by atoms with Crippen LogP contribution in [0.25, 0.3) is 0 Å². The molecule has 1 heterocycles. The highest BCUT2D eigenvalue weighted by molar-refractivity contribution is 6.30. The monoisotopic (exact) mass is 372 g/mol. The fourth-order valence-corrected chi connectivity index (χ4v) is 3.42. The highest BCUT2D eigenvalue weighted by Gasteiger charge is 2.34. The molecule has 0 aliphatic carbocycles. The average molecular weight is 373 g/mol. The minimum Gasteiger partial charge on any atom is -0.385 e. The van der Waals surface area contributed by atoms with Gasteiger partial charge in [0.25, 0.3) is 0 Å². The first-order chi connectivity index (χ1) is 12.4. The van der Waals surface area contributed by atoms with Crippen molar-refractivity contribution in [3.05, 3.63) is 70.2 Å². The number of piperidine rings is 1. The Morgan fingerprint density at radius 3 is 2.35 bits per heavy atom. The average Bonchev–Trinajstić information content (AvgIpc) is 2.64. The van der Waals surface area contributed by atoms with Gasteiger partial charge in [0.15, 0.2) is 0 Å². The lowest BCUT2D eigenvalue weighted by atomic mass is 9.84. The van der Waals surface area contributed by atoms with E-state index in [1.807, 2.05) is 43.3 Å². The number of rotatable bonds is 5. The van der Waals surface area contributed by atoms with Gasteiger partial charge >= 0.3 is 0 Å². The summed E-state index contributed by atoms with van der Waals surface area (Å²) in [6.45, 7) is 4.34. The van der Waals surface area contributed by atoms with Gasteiger partial charge in [-0.2, -0.15) is 0 Å². The van der Waals surface area contributed by atoms with Gasteiger partial charge in [-0.15, -0.1) is 0 Å². The van der Waals surface area contributed by atoms with Gasteiger partial charge in [0, 0.05) is 24.7 Å². The Hall–Kier alpha value is -1.88. The highest BCUT2D eigenvalue weighted by Crippen LogP contribution is 2.33. The third-order valence-corrected chi connectivity index (χ3v) is 5.29. The van der Waals surface area contributed by atoms with Crippen molar-refractivity contribution >= 4 is 17.5 Å². The van der Waals surface area contributed by atoms with Crippen molar-refractivity contribution < 1.29 is 9.90 Å². The molecule has 0 radical (unpaired) electrons. The summed E-state index contributed by atoms with van der Waals surface area (Å²) >= 11 is 5.92. The lowest BCUT2D eigenvalue weighted by molar-refractivity contribution is -0.123. The summed E-state index contributed by atoms with van der Waals surface area (Å²) in [5.74, 6) is 0.0162. The second-order valence-corrected chi connectivity index (χ2v) is 7.51. The summed E-state index contributed by atoms with van der Waals surface area (Å²) in [5.41, 5.74) is 2.37. The van der Waals surface area contributed by atoms with Gasteiger partial charge < -0.3 is 10.4 Å². The minimum atomic E-state index is -0.834. The molecule has 5 heteroatoms. The normalized spacial score (nSPS) is 17.0. The standard InChI is InChI=1S/C21H25ClN2O2/c1-16-2-4-17(5-3-16)14-23-20(25)15-24-12-10-21(26,11-13-24)18-6-8-19(22)9-7-18/h2-9,26H,10-15H2,1H3,(H,23,25). The molecule has 26 heavy (non-hydrogen) atoms. The highest BCUT2D eigenvalue weighted by atomic mass is 35.5. The largest absolute Gasteiger partial charge is 0.385 e. The molecule has 2 N–H and O–H groups in total. The number of benzene rings is 2. The van der Waals surface area contributed by atoms with Crippen molar-refractivity contribution in [2.75, 3.05) is 19.6 Å². The summed E-state index contributed by atoms with van der Waals surface area (Å²) in [4.78, 5) is 14.3. The molecule has 1 aliphatic rings. The zero-order valence-electron chi connectivity index (χ0n) is 15.0. The molecule has 2 aromatic carbocycles. The van der Waals surface area contributed by atoms with Crippen LogP contribution in [0, 0.1) is 6.92 Å². The molecule has 1 aliphatic heterocycles. The Morgan fingerprint density at radius 1 is 1.12 bits per heavy atom. The summed E-state index contributed by atoms with van der Waals surface area (Å²) in [5, 5.41) is 14.5. The molecule has 1 amide bonds. The number of aliphatic hydroxyl groups is 1. The molecule has 0 atom stereocenters. The van der Waals surface area contributed by atoms with Crippen LogP contribution in [-0.4, -0.2) is 35.5 Å². The first-order valence-electron chi connectivity index (χ1n) is 8.98. The molecule has 1 fully saturated rings. The van der Waals surface area contributed by atoms with E-state index < -0.39 is 5.60 Å². The number of aryl methyl sites for hydroxylation is 1. The minimum absolute atomic E-state index is 0.0162. The third kappa shape index (κ3) is 4.85. The topological polar surface area (TPSA) is 52.6 Å². The van der Waals surface area contributed by atoms with E-state index in [-0.39, 0.29) is 5.91 Å². The van der Waals surface area contributed by atoms with Crippen LogP contribution in [0.15, 0.2) is 48.5 Å². The first-order valence-corrected chi connectivity index (χ1v) is 9.35. The van der Waals surface area contributed by atoms with E-state index in [0.29, 0.717) is 44.0 Å². The quantitative estimate of drug-likeness (QED) is 0.847. The van der Waals surface area contributed by atoms with Gasteiger partial charge in [-0.25, -0.2) is 0 Å². The number of amides is 1. The number of nitrogens with zero attached hydrogens (tertiary/aromatic N) is 1. The predicted octanol–water partition coefficient (Wildman–Crippen LogP) is 3.25. The molecule has 0 unspecified atom stereocenters. The molecule has 3 rings (SSSR count). The van der Waals surface area contributed by atoms with E-state index in [0.717, 1.165) is 11.1 Å². The van der Waals surface area contributed by atoms with E-state index in [4.69, 9.17) is 11.6 Å². The Bertz CT molecular complexity index is 736. The van der Waals surface area contributed by atoms with Crippen molar-refractivity contribution in [3.63, 3.8) is 0 Å². The Balaban J connectivity index is 1.46. The molecule has 138 valence electrons. The van der Waals surface area contributed by atoms with Gasteiger partial charge in [-0.05, 0) is 43.0 Å². The van der Waals surface area contributed by atoms with Gasteiger partial charge in [0.1, 0.15) is 0 Å². The molecule has 0 aromatic heterocycles. The Kier molecular flexibility index (Phi) is 5.97. The number of hydrogen-bond donors (Lipinski definition) is 2. The lowest BCUT2D eigenvalue weighted by Crippen LogP contribution is -2.46. The molecule has 1 saturated heterocycles. The maximum atomic E-state index is 12.2. The predicted molar refractivity (Wildman–Crippen MR) is 104 cm³/mol. The van der Waals surface area contributed by atoms with E-state index >= 15 is 0 Å². The van der Waals surface area contributed by atoms with Crippen LogP contribution in [0.5, 0.6) is 0 Å². The number of hydrogen-bond acceptors (Lipinski definition) is 3. The second-order valence-electron chi connectivity index (χ2n) is 7.08. The number of likely N-dealkylation sites (tertiary alicyclic amines) is 1. The zero-order valence-corrected chi connectivity index (χ0v) is 15.8. The van der Waals surface area contributed by atoms with Gasteiger partial charge in [-0.3, -0.25) is 9.69 Å². The van der Waals surface area contributed by atoms with Crippen LogP contribution in [0.1, 0.15) is 29.5 Å². The number of halogens is 1. The SMILES string of the molecule is Cc1ccc(CNC(=O)CN2CCC(O)(c3ccc(Cl)cc3)CC2)cc1. The summed E-state index contributed by atoms with van der Waals surface area (Å²) in [6, 6.07) is 15.5. The van der Waals surface area contributed by atoms with Crippen molar-refractivity contribution in [1.82, 2.24) is 10.2 Å². The van der Waals surface area contributed by atoms with E-state index in [1.54, 1.807) is 12.1 Å². The van der Waals surface area contributed by atoms with Crippen LogP contribution >= 0.6 is 11.6 Å². The molecule has 0 saturated carbocycles. The number of nitrogens with one attached hydrogen (secondary N) is 1. The van der Waals surface area contributed by atoms with Crippen LogP contribution in [0.2, 0.25) is 5.02 Å². The first kappa shape index (κ1) is 18.9. The molecule has 2 aromatic rings. The van der Waals surface area contributed by atoms with Gasteiger partial charge in [0.2, 0.25) is 5.91 Å². The van der Waals surface area contributed by atoms with Crippen molar-refractivity contribution in [2.45, 2.75) is 31.9 Å². The fourth-order valence-electron chi connectivity index (χ4n) is 3.30. The van der Waals surface area contributed by atoms with E-state index in [9.17, 15) is 9.90 Å². The van der Waals surface area contributed by atoms with Gasteiger partial charge in [0.05, 0.1) is 12.1 Å². The van der Waals surface area contributed by atoms with Crippen molar-refractivity contribution in [3.8, 4) is 0 Å². The molecular weight excluding hydrogens is 348 g/mol. The maximum Gasteiger partial charge on any atom is 0.234 e. The van der Waals surface area contributed by atoms with Crippen LogP contribution < -0.4 is 5.32 Å². The molecular formula is C21H25ClN2O2. The van der Waals surface area contributed by atoms with E-state index in [2.05, 4.69) is 10.2 Å². The van der Waals surface area contributed by atoms with Crippen LogP contribution in [-0.2, 0) is 16.9 Å². The molecule has 0 bridgehead atoms. The molecule has 0 spiro atoms. The Labute approximate surface area is 159 Å². The summed E-state index contributed by atoms with van der Waals surface area (Å²) in [6.07, 6.45) is 1.22. The smallest absolute Gasteiger partial charge is 0.234 e. The van der Waals surface area contributed by atoms with Crippen molar-refractivity contribution in [2.24, 2.45) is 0 Å². The number of carbonyl (C=O) groups is 1. The van der Waals surface area contributed by atoms with Gasteiger partial charge in [-0.1, -0.05) is 53.6 Å². The Morgan fingerprint density at radius 2 is 1.73 bits per heavy atom. The second kappa shape index (κ2) is 8.21.